The molecule has 0 aromatic heterocycles. The van der Waals surface area contributed by atoms with E-state index >= 15 is 0 Å². The maximum Gasteiger partial charge on any atom is 0.214 e. The number of hydrogen-bond acceptors (Lipinski definition) is 2. The normalized spacial score (nSPS) is 16.0. The Labute approximate surface area is 101 Å². The summed E-state index contributed by atoms with van der Waals surface area (Å²) in [6.07, 6.45) is 5.19. The molecule has 0 rings (SSSR count). The number of sulfonamides is 1. The van der Waals surface area contributed by atoms with Crippen molar-refractivity contribution in [1.29, 1.82) is 0 Å². The van der Waals surface area contributed by atoms with Crippen LogP contribution >= 0.6 is 0 Å². The third-order valence-electron chi connectivity index (χ3n) is 3.22. The predicted molar refractivity (Wildman–Crippen MR) is 70.0 cm³/mol. The molecule has 16 heavy (non-hydrogen) atoms. The van der Waals surface area contributed by atoms with Crippen molar-refractivity contribution >= 4 is 10.0 Å². The van der Waals surface area contributed by atoms with Gasteiger partial charge in [0, 0.05) is 6.54 Å². The summed E-state index contributed by atoms with van der Waals surface area (Å²) in [5.74, 6) is 0.485. The monoisotopic (exact) mass is 249 g/mol. The zero-order valence-electron chi connectivity index (χ0n) is 11.1. The lowest BCUT2D eigenvalue weighted by atomic mass is 10.00. The minimum Gasteiger partial charge on any atom is -0.215 e. The molecule has 98 valence electrons. The summed E-state index contributed by atoms with van der Waals surface area (Å²) in [4.78, 5) is 0. The van der Waals surface area contributed by atoms with Crippen LogP contribution in [0.25, 0.3) is 0 Å². The first kappa shape index (κ1) is 15.9. The van der Waals surface area contributed by atoms with Gasteiger partial charge in [-0.3, -0.25) is 0 Å². The van der Waals surface area contributed by atoms with Gasteiger partial charge < -0.3 is 0 Å². The average Bonchev–Trinajstić information content (AvgIpc) is 2.28. The van der Waals surface area contributed by atoms with E-state index in [0.717, 1.165) is 12.8 Å². The van der Waals surface area contributed by atoms with Gasteiger partial charge in [-0.15, -0.1) is 0 Å². The second-order valence-electron chi connectivity index (χ2n) is 4.53. The SMILES string of the molecule is CCCCC(CC)CNS(=O)(=O)C(C)CC. The van der Waals surface area contributed by atoms with Crippen molar-refractivity contribution in [2.45, 2.75) is 65.0 Å². The molecule has 0 spiro atoms. The van der Waals surface area contributed by atoms with Crippen molar-refractivity contribution < 1.29 is 8.42 Å². The van der Waals surface area contributed by atoms with Crippen molar-refractivity contribution in [3.05, 3.63) is 0 Å². The smallest absolute Gasteiger partial charge is 0.214 e. The molecule has 0 heterocycles. The Morgan fingerprint density at radius 1 is 1.12 bits per heavy atom. The molecule has 1 N–H and O–H groups in total. The van der Waals surface area contributed by atoms with Gasteiger partial charge in [0.1, 0.15) is 0 Å². The fourth-order valence-electron chi connectivity index (χ4n) is 1.54. The van der Waals surface area contributed by atoms with Gasteiger partial charge in [0.25, 0.3) is 0 Å². The Morgan fingerprint density at radius 3 is 2.19 bits per heavy atom. The summed E-state index contributed by atoms with van der Waals surface area (Å²) >= 11 is 0. The lowest BCUT2D eigenvalue weighted by Crippen LogP contribution is -2.35. The molecular weight excluding hydrogens is 222 g/mol. The maximum atomic E-state index is 11.7. The van der Waals surface area contributed by atoms with Crippen LogP contribution in [-0.4, -0.2) is 20.2 Å². The molecule has 0 aliphatic carbocycles. The molecule has 2 unspecified atom stereocenters. The van der Waals surface area contributed by atoms with Crippen LogP contribution in [-0.2, 0) is 10.0 Å². The minimum atomic E-state index is -3.09. The highest BCUT2D eigenvalue weighted by molar-refractivity contribution is 7.90. The van der Waals surface area contributed by atoms with Gasteiger partial charge in [-0.05, 0) is 25.7 Å². The van der Waals surface area contributed by atoms with Crippen LogP contribution in [0.5, 0.6) is 0 Å². The van der Waals surface area contributed by atoms with Crippen LogP contribution < -0.4 is 4.72 Å². The summed E-state index contributed by atoms with van der Waals surface area (Å²) in [6, 6.07) is 0. The molecule has 0 aromatic carbocycles. The quantitative estimate of drug-likeness (QED) is 0.683. The summed E-state index contributed by atoms with van der Waals surface area (Å²) in [6.45, 7) is 8.55. The molecule has 3 nitrogen and oxygen atoms in total. The van der Waals surface area contributed by atoms with Crippen LogP contribution in [0.2, 0.25) is 0 Å². The molecule has 0 bridgehead atoms. The highest BCUT2D eigenvalue weighted by atomic mass is 32.2. The van der Waals surface area contributed by atoms with Gasteiger partial charge in [0.05, 0.1) is 5.25 Å². The zero-order chi connectivity index (χ0) is 12.6. The van der Waals surface area contributed by atoms with E-state index < -0.39 is 10.0 Å². The number of rotatable bonds is 9. The lowest BCUT2D eigenvalue weighted by Gasteiger charge is -2.17. The summed E-state index contributed by atoms with van der Waals surface area (Å²) in [5, 5.41) is -0.281. The molecule has 0 aliphatic heterocycles. The van der Waals surface area contributed by atoms with E-state index in [1.54, 1.807) is 6.92 Å². The standard InChI is InChI=1S/C12H27NO2S/c1-5-8-9-12(7-3)10-13-16(14,15)11(4)6-2/h11-13H,5-10H2,1-4H3. The third-order valence-corrected chi connectivity index (χ3v) is 5.18. The molecular formula is C12H27NO2S. The highest BCUT2D eigenvalue weighted by Gasteiger charge is 2.19. The Morgan fingerprint density at radius 2 is 1.75 bits per heavy atom. The van der Waals surface area contributed by atoms with Crippen LogP contribution in [0.15, 0.2) is 0 Å². The Hall–Kier alpha value is -0.0900. The number of hydrogen-bond donors (Lipinski definition) is 1. The highest BCUT2D eigenvalue weighted by Crippen LogP contribution is 2.12. The van der Waals surface area contributed by atoms with Gasteiger partial charge in [-0.25, -0.2) is 13.1 Å². The third kappa shape index (κ3) is 5.85. The number of unbranched alkanes of at least 4 members (excludes halogenated alkanes) is 1. The second-order valence-corrected chi connectivity index (χ2v) is 6.71. The van der Waals surface area contributed by atoms with E-state index in [1.807, 2.05) is 6.92 Å². The van der Waals surface area contributed by atoms with Gasteiger partial charge in [0.2, 0.25) is 10.0 Å². The van der Waals surface area contributed by atoms with Crippen molar-refractivity contribution in [2.24, 2.45) is 5.92 Å². The Bertz CT molecular complexity index is 262. The van der Waals surface area contributed by atoms with Crippen molar-refractivity contribution in [2.75, 3.05) is 6.54 Å². The molecule has 0 saturated heterocycles. The van der Waals surface area contributed by atoms with E-state index in [0.29, 0.717) is 18.9 Å². The average molecular weight is 249 g/mol. The van der Waals surface area contributed by atoms with E-state index in [-0.39, 0.29) is 5.25 Å². The summed E-state index contributed by atoms with van der Waals surface area (Å²) < 4.78 is 26.2. The fraction of sp³-hybridized carbons (Fsp3) is 1.00. The predicted octanol–water partition coefficient (Wildman–Crippen LogP) is 2.92. The first-order chi connectivity index (χ1) is 7.47. The Kier molecular flexibility index (Phi) is 8.02. The van der Waals surface area contributed by atoms with Crippen molar-refractivity contribution in [3.8, 4) is 0 Å². The van der Waals surface area contributed by atoms with E-state index in [1.165, 1.54) is 12.8 Å². The van der Waals surface area contributed by atoms with E-state index in [2.05, 4.69) is 18.6 Å². The molecule has 0 fully saturated rings. The molecule has 0 amide bonds. The first-order valence-corrected chi connectivity index (χ1v) is 8.00. The number of nitrogens with one attached hydrogen (secondary N) is 1. The largest absolute Gasteiger partial charge is 0.215 e. The first-order valence-electron chi connectivity index (χ1n) is 6.46. The van der Waals surface area contributed by atoms with Gasteiger partial charge >= 0.3 is 0 Å². The second kappa shape index (κ2) is 8.07. The van der Waals surface area contributed by atoms with Crippen LogP contribution in [0.3, 0.4) is 0 Å². The lowest BCUT2D eigenvalue weighted by molar-refractivity contribution is 0.442. The summed E-state index contributed by atoms with van der Waals surface area (Å²) in [5.41, 5.74) is 0. The van der Waals surface area contributed by atoms with Gasteiger partial charge in [-0.2, -0.15) is 0 Å². The van der Waals surface area contributed by atoms with Crippen LogP contribution in [0.4, 0.5) is 0 Å². The molecule has 0 aromatic rings. The Balaban J connectivity index is 4.10. The fourth-order valence-corrected chi connectivity index (χ4v) is 2.73. The molecule has 0 saturated carbocycles. The minimum absolute atomic E-state index is 0.281. The molecule has 0 radical (unpaired) electrons. The summed E-state index contributed by atoms with van der Waals surface area (Å²) in [7, 11) is -3.09. The van der Waals surface area contributed by atoms with Gasteiger partial charge in [0.15, 0.2) is 0 Å². The van der Waals surface area contributed by atoms with Crippen LogP contribution in [0.1, 0.15) is 59.8 Å². The van der Waals surface area contributed by atoms with Crippen molar-refractivity contribution in [1.82, 2.24) is 4.72 Å². The molecule has 4 heteroatoms. The molecule has 0 aliphatic rings. The van der Waals surface area contributed by atoms with E-state index in [4.69, 9.17) is 0 Å². The van der Waals surface area contributed by atoms with Gasteiger partial charge in [-0.1, -0.05) is 40.0 Å². The van der Waals surface area contributed by atoms with Crippen LogP contribution in [0, 0.1) is 5.92 Å². The maximum absolute atomic E-state index is 11.7. The molecule has 2 atom stereocenters. The van der Waals surface area contributed by atoms with Crippen molar-refractivity contribution in [3.63, 3.8) is 0 Å². The topological polar surface area (TPSA) is 46.2 Å². The zero-order valence-corrected chi connectivity index (χ0v) is 11.9. The van der Waals surface area contributed by atoms with E-state index in [9.17, 15) is 8.42 Å².